The highest BCUT2D eigenvalue weighted by atomic mass is 16.5. The van der Waals surface area contributed by atoms with Crippen LogP contribution in [0.5, 0.6) is 0 Å². The molecule has 1 aliphatic heterocycles. The van der Waals surface area contributed by atoms with Crippen molar-refractivity contribution in [3.63, 3.8) is 0 Å². The van der Waals surface area contributed by atoms with E-state index in [-0.39, 0.29) is 12.0 Å². The molecular formula is C15H22N4O2. The van der Waals surface area contributed by atoms with Crippen LogP contribution < -0.4 is 0 Å². The van der Waals surface area contributed by atoms with Crippen molar-refractivity contribution in [3.8, 4) is 6.07 Å². The van der Waals surface area contributed by atoms with Crippen molar-refractivity contribution in [2.75, 3.05) is 34.3 Å². The van der Waals surface area contributed by atoms with E-state index < -0.39 is 0 Å². The molecule has 2 rings (SSSR count). The summed E-state index contributed by atoms with van der Waals surface area (Å²) in [4.78, 5) is 16.4. The second-order valence-corrected chi connectivity index (χ2v) is 5.71. The summed E-state index contributed by atoms with van der Waals surface area (Å²) in [6.45, 7) is 1.55. The van der Waals surface area contributed by atoms with E-state index in [0.717, 1.165) is 13.0 Å². The van der Waals surface area contributed by atoms with Gasteiger partial charge < -0.3 is 14.2 Å². The minimum Gasteiger partial charge on any atom is -0.380 e. The predicted molar refractivity (Wildman–Crippen MR) is 78.9 cm³/mol. The number of carbonyl (C=O) groups is 1. The molecular weight excluding hydrogens is 268 g/mol. The normalized spacial score (nSPS) is 22.2. The van der Waals surface area contributed by atoms with Crippen LogP contribution >= 0.6 is 0 Å². The number of aryl methyl sites for hydroxylation is 1. The Labute approximate surface area is 125 Å². The van der Waals surface area contributed by atoms with Gasteiger partial charge in [-0.1, -0.05) is 0 Å². The van der Waals surface area contributed by atoms with Crippen LogP contribution in [0.15, 0.2) is 12.3 Å². The number of methoxy groups -OCH3 is 1. The van der Waals surface area contributed by atoms with Crippen LogP contribution in [-0.2, 0) is 11.8 Å². The zero-order chi connectivity index (χ0) is 15.6. The van der Waals surface area contributed by atoms with Crippen molar-refractivity contribution in [1.29, 1.82) is 5.26 Å². The van der Waals surface area contributed by atoms with Crippen molar-refractivity contribution in [2.24, 2.45) is 7.05 Å². The summed E-state index contributed by atoms with van der Waals surface area (Å²) in [5.41, 5.74) is 1.05. The molecule has 2 atom stereocenters. The van der Waals surface area contributed by atoms with Gasteiger partial charge in [0.2, 0.25) is 0 Å². The highest BCUT2D eigenvalue weighted by molar-refractivity contribution is 5.93. The molecule has 0 bridgehead atoms. The molecule has 1 amide bonds. The molecule has 1 aromatic heterocycles. The lowest BCUT2D eigenvalue weighted by atomic mass is 10.2. The number of likely N-dealkylation sites (tertiary alicyclic amines) is 1. The Morgan fingerprint density at radius 1 is 1.57 bits per heavy atom. The van der Waals surface area contributed by atoms with Crippen LogP contribution in [0.3, 0.4) is 0 Å². The fourth-order valence-electron chi connectivity index (χ4n) is 2.85. The second kappa shape index (κ2) is 6.29. The van der Waals surface area contributed by atoms with Crippen LogP contribution in [0.2, 0.25) is 0 Å². The number of hydrogen-bond acceptors (Lipinski definition) is 4. The van der Waals surface area contributed by atoms with Gasteiger partial charge in [0.05, 0.1) is 11.7 Å². The first-order chi connectivity index (χ1) is 9.96. The summed E-state index contributed by atoms with van der Waals surface area (Å²) >= 11 is 0. The molecule has 0 radical (unpaired) electrons. The van der Waals surface area contributed by atoms with Crippen LogP contribution in [0.4, 0.5) is 0 Å². The number of aromatic nitrogens is 1. The molecule has 1 aliphatic rings. The van der Waals surface area contributed by atoms with Gasteiger partial charge >= 0.3 is 0 Å². The molecule has 114 valence electrons. The van der Waals surface area contributed by atoms with Crippen molar-refractivity contribution in [1.82, 2.24) is 14.4 Å². The number of hydrogen-bond donors (Lipinski definition) is 0. The number of amides is 1. The Hall–Kier alpha value is -1.84. The second-order valence-electron chi connectivity index (χ2n) is 5.71. The Morgan fingerprint density at radius 2 is 2.29 bits per heavy atom. The highest BCUT2D eigenvalue weighted by Gasteiger charge is 2.31. The molecule has 6 nitrogen and oxygen atoms in total. The maximum Gasteiger partial charge on any atom is 0.270 e. The molecule has 0 aromatic carbocycles. The summed E-state index contributed by atoms with van der Waals surface area (Å²) < 4.78 is 7.09. The largest absolute Gasteiger partial charge is 0.380 e. The average Bonchev–Trinajstić information content (AvgIpc) is 3.01. The van der Waals surface area contributed by atoms with Gasteiger partial charge in [-0.2, -0.15) is 5.26 Å². The van der Waals surface area contributed by atoms with Gasteiger partial charge in [-0.25, -0.2) is 0 Å². The van der Waals surface area contributed by atoms with Crippen LogP contribution in [0, 0.1) is 11.3 Å². The molecule has 1 fully saturated rings. The van der Waals surface area contributed by atoms with Gasteiger partial charge in [0, 0.05) is 46.5 Å². The third-order valence-corrected chi connectivity index (χ3v) is 4.17. The van der Waals surface area contributed by atoms with Gasteiger partial charge in [0.25, 0.3) is 5.91 Å². The minimum atomic E-state index is -0.0618. The third kappa shape index (κ3) is 3.26. The van der Waals surface area contributed by atoms with Crippen molar-refractivity contribution < 1.29 is 9.53 Å². The monoisotopic (exact) mass is 290 g/mol. The molecule has 6 heteroatoms. The summed E-state index contributed by atoms with van der Waals surface area (Å²) in [5.74, 6) is -0.0618. The van der Waals surface area contributed by atoms with E-state index in [1.807, 2.05) is 0 Å². The van der Waals surface area contributed by atoms with E-state index in [2.05, 4.69) is 18.0 Å². The number of nitrogens with zero attached hydrogens (tertiary/aromatic N) is 4. The van der Waals surface area contributed by atoms with Crippen molar-refractivity contribution in [2.45, 2.75) is 18.6 Å². The summed E-state index contributed by atoms with van der Waals surface area (Å²) in [6.07, 6.45) is 2.84. The molecule has 2 heterocycles. The Balaban J connectivity index is 2.03. The fourth-order valence-corrected chi connectivity index (χ4v) is 2.85. The van der Waals surface area contributed by atoms with Gasteiger partial charge in [-0.3, -0.25) is 9.69 Å². The molecule has 1 saturated heterocycles. The molecule has 0 unspecified atom stereocenters. The SMILES string of the molecule is CO[C@H]1C[C@@H](CN(C)C(=O)c2cc(C#N)cn2C)N(C)C1. The number of nitriles is 1. The molecule has 21 heavy (non-hydrogen) atoms. The first kappa shape index (κ1) is 15.5. The smallest absolute Gasteiger partial charge is 0.270 e. The summed E-state index contributed by atoms with van der Waals surface area (Å²) in [5, 5.41) is 8.91. The van der Waals surface area contributed by atoms with Gasteiger partial charge in [0.15, 0.2) is 0 Å². The van der Waals surface area contributed by atoms with Gasteiger partial charge in [0.1, 0.15) is 11.8 Å². The third-order valence-electron chi connectivity index (χ3n) is 4.17. The number of likely N-dealkylation sites (N-methyl/N-ethyl adjacent to an activating group) is 2. The van der Waals surface area contributed by atoms with Crippen molar-refractivity contribution in [3.05, 3.63) is 23.5 Å². The van der Waals surface area contributed by atoms with Gasteiger partial charge in [-0.05, 0) is 19.5 Å². The average molecular weight is 290 g/mol. The van der Waals surface area contributed by atoms with E-state index in [1.54, 1.807) is 42.9 Å². The Bertz CT molecular complexity index is 561. The maximum absolute atomic E-state index is 12.5. The van der Waals surface area contributed by atoms with E-state index in [4.69, 9.17) is 10.00 Å². The van der Waals surface area contributed by atoms with E-state index in [9.17, 15) is 4.79 Å². The van der Waals surface area contributed by atoms with Crippen LogP contribution in [-0.4, -0.2) is 66.7 Å². The zero-order valence-corrected chi connectivity index (χ0v) is 13.0. The van der Waals surface area contributed by atoms with Crippen LogP contribution in [0.1, 0.15) is 22.5 Å². The zero-order valence-electron chi connectivity index (χ0n) is 13.0. The molecule has 0 saturated carbocycles. The lowest BCUT2D eigenvalue weighted by Crippen LogP contribution is -2.40. The predicted octanol–water partition coefficient (Wildman–Crippen LogP) is 0.688. The quantitative estimate of drug-likeness (QED) is 0.818. The van der Waals surface area contributed by atoms with Crippen LogP contribution in [0.25, 0.3) is 0 Å². The summed E-state index contributed by atoms with van der Waals surface area (Å²) in [7, 11) is 7.36. The fraction of sp³-hybridized carbons (Fsp3) is 0.600. The summed E-state index contributed by atoms with van der Waals surface area (Å²) in [6, 6.07) is 4.00. The standard InChI is InChI=1S/C15H22N4O2/c1-17-10-13(21-4)6-12(17)9-19(3)15(20)14-5-11(7-16)8-18(14)2/h5,8,12-13H,6,9-10H2,1-4H3/t12-,13-/m0/s1. The topological polar surface area (TPSA) is 61.5 Å². The molecule has 0 spiro atoms. The maximum atomic E-state index is 12.5. The van der Waals surface area contributed by atoms with E-state index in [0.29, 0.717) is 23.8 Å². The molecule has 1 aromatic rings. The Morgan fingerprint density at radius 3 is 2.81 bits per heavy atom. The lowest BCUT2D eigenvalue weighted by Gasteiger charge is -2.25. The van der Waals surface area contributed by atoms with E-state index in [1.165, 1.54) is 0 Å². The van der Waals surface area contributed by atoms with E-state index >= 15 is 0 Å². The highest BCUT2D eigenvalue weighted by Crippen LogP contribution is 2.19. The molecule has 0 N–H and O–H groups in total. The Kier molecular flexibility index (Phi) is 4.66. The minimum absolute atomic E-state index is 0.0618. The molecule has 0 aliphatic carbocycles. The van der Waals surface area contributed by atoms with Crippen molar-refractivity contribution >= 4 is 5.91 Å². The lowest BCUT2D eigenvalue weighted by molar-refractivity contribution is 0.0751. The number of ether oxygens (including phenoxy) is 1. The van der Waals surface area contributed by atoms with Gasteiger partial charge in [-0.15, -0.1) is 0 Å². The number of carbonyl (C=O) groups excluding carboxylic acids is 1. The first-order valence-electron chi connectivity index (χ1n) is 7.01. The first-order valence-corrected chi connectivity index (χ1v) is 7.01. The number of rotatable bonds is 4.